The van der Waals surface area contributed by atoms with E-state index < -0.39 is 0 Å². The molecule has 1 N–H and O–H groups in total. The van der Waals surface area contributed by atoms with Crippen LogP contribution >= 0.6 is 22.9 Å². The van der Waals surface area contributed by atoms with Crippen LogP contribution in [0.5, 0.6) is 0 Å². The Kier molecular flexibility index (Phi) is 2.75. The number of thiophene rings is 1. The maximum atomic E-state index is 4.44. The van der Waals surface area contributed by atoms with Gasteiger partial charge in [-0.2, -0.15) is 20.7 Å². The first-order chi connectivity index (χ1) is 7.04. The van der Waals surface area contributed by atoms with Crippen LogP contribution in [0, 0.1) is 0 Å². The van der Waals surface area contributed by atoms with E-state index in [1.165, 1.54) is 11.5 Å². The van der Waals surface area contributed by atoms with E-state index in [1.54, 1.807) is 11.3 Å². The first-order valence-corrected chi connectivity index (χ1v) is 6.41. The van der Waals surface area contributed by atoms with E-state index in [4.69, 9.17) is 0 Å². The molecule has 0 bridgehead atoms. The smallest absolute Gasteiger partial charge is 0.203 e. The van der Waals surface area contributed by atoms with Crippen molar-refractivity contribution in [1.82, 2.24) is 9.36 Å². The summed E-state index contributed by atoms with van der Waals surface area (Å²) in [6, 6.07) is 2.04. The van der Waals surface area contributed by atoms with Gasteiger partial charge in [0.15, 0.2) is 5.82 Å². The van der Waals surface area contributed by atoms with Gasteiger partial charge in [0.1, 0.15) is 0 Å². The van der Waals surface area contributed by atoms with Crippen LogP contribution < -0.4 is 5.32 Å². The van der Waals surface area contributed by atoms with Gasteiger partial charge in [-0.25, -0.2) is 0 Å². The van der Waals surface area contributed by atoms with Crippen LogP contribution in [0.15, 0.2) is 16.8 Å². The van der Waals surface area contributed by atoms with Crippen molar-refractivity contribution in [3.05, 3.63) is 16.8 Å². The number of aromatic nitrogens is 2. The van der Waals surface area contributed by atoms with E-state index in [0.29, 0.717) is 0 Å². The van der Waals surface area contributed by atoms with Crippen LogP contribution in [0.1, 0.15) is 20.8 Å². The fourth-order valence-corrected chi connectivity index (χ4v) is 2.54. The molecular weight excluding hydrogens is 226 g/mol. The summed E-state index contributed by atoms with van der Waals surface area (Å²) in [5.41, 5.74) is 1.13. The zero-order valence-corrected chi connectivity index (χ0v) is 10.6. The molecule has 0 atom stereocenters. The summed E-state index contributed by atoms with van der Waals surface area (Å²) in [4.78, 5) is 4.44. The predicted molar refractivity (Wildman–Crippen MR) is 66.6 cm³/mol. The minimum Gasteiger partial charge on any atom is -0.356 e. The number of hydrogen-bond donors (Lipinski definition) is 1. The first-order valence-electron chi connectivity index (χ1n) is 4.69. The Balaban J connectivity index is 2.18. The SMILES string of the molecule is CC(C)(C)Nc1nc(-c2ccsc2)ns1. The average Bonchev–Trinajstić information content (AvgIpc) is 2.68. The molecule has 80 valence electrons. The Morgan fingerprint density at radius 1 is 1.33 bits per heavy atom. The molecule has 5 heteroatoms. The highest BCUT2D eigenvalue weighted by molar-refractivity contribution is 7.10. The van der Waals surface area contributed by atoms with Gasteiger partial charge < -0.3 is 5.32 Å². The van der Waals surface area contributed by atoms with Gasteiger partial charge in [-0.05, 0) is 32.2 Å². The molecule has 0 radical (unpaired) electrons. The Morgan fingerprint density at radius 3 is 2.73 bits per heavy atom. The molecule has 0 saturated carbocycles. The lowest BCUT2D eigenvalue weighted by molar-refractivity contribution is 0.633. The first kappa shape index (κ1) is 10.6. The van der Waals surface area contributed by atoms with Crippen LogP contribution in [0.2, 0.25) is 0 Å². The second-order valence-electron chi connectivity index (χ2n) is 4.31. The molecule has 0 spiro atoms. The Labute approximate surface area is 97.4 Å². The molecule has 0 amide bonds. The number of anilines is 1. The lowest BCUT2D eigenvalue weighted by Gasteiger charge is -2.18. The van der Waals surface area contributed by atoms with Crippen LogP contribution in [-0.4, -0.2) is 14.9 Å². The number of rotatable bonds is 2. The molecule has 0 aliphatic rings. The number of hydrogen-bond acceptors (Lipinski definition) is 5. The molecule has 2 aromatic heterocycles. The largest absolute Gasteiger partial charge is 0.356 e. The summed E-state index contributed by atoms with van der Waals surface area (Å²) in [6.45, 7) is 6.33. The van der Waals surface area contributed by atoms with Gasteiger partial charge in [0, 0.05) is 28.0 Å². The molecule has 0 aliphatic heterocycles. The molecule has 3 nitrogen and oxygen atoms in total. The zero-order valence-electron chi connectivity index (χ0n) is 8.94. The average molecular weight is 239 g/mol. The summed E-state index contributed by atoms with van der Waals surface area (Å²) in [7, 11) is 0. The second kappa shape index (κ2) is 3.90. The van der Waals surface area contributed by atoms with E-state index in [9.17, 15) is 0 Å². The van der Waals surface area contributed by atoms with E-state index in [-0.39, 0.29) is 5.54 Å². The van der Waals surface area contributed by atoms with Crippen molar-refractivity contribution < 1.29 is 0 Å². The molecule has 15 heavy (non-hydrogen) atoms. The third-order valence-electron chi connectivity index (χ3n) is 1.69. The zero-order chi connectivity index (χ0) is 10.9. The normalized spacial score (nSPS) is 11.7. The Hall–Kier alpha value is -0.940. The molecule has 2 rings (SSSR count). The van der Waals surface area contributed by atoms with Crippen molar-refractivity contribution in [2.75, 3.05) is 5.32 Å². The van der Waals surface area contributed by atoms with Crippen molar-refractivity contribution in [2.24, 2.45) is 0 Å². The fraction of sp³-hybridized carbons (Fsp3) is 0.400. The van der Waals surface area contributed by atoms with Crippen LogP contribution in [0.4, 0.5) is 5.13 Å². The van der Waals surface area contributed by atoms with Gasteiger partial charge in [0.25, 0.3) is 0 Å². The molecule has 0 fully saturated rings. The third kappa shape index (κ3) is 2.76. The maximum absolute atomic E-state index is 4.44. The van der Waals surface area contributed by atoms with E-state index in [0.717, 1.165) is 16.5 Å². The molecular formula is C10H13N3S2. The molecule has 2 heterocycles. The van der Waals surface area contributed by atoms with Gasteiger partial charge in [0.05, 0.1) is 0 Å². The van der Waals surface area contributed by atoms with E-state index in [2.05, 4.69) is 40.8 Å². The topological polar surface area (TPSA) is 37.8 Å². The summed E-state index contributed by atoms with van der Waals surface area (Å²) in [5.74, 6) is 0.813. The van der Waals surface area contributed by atoms with Gasteiger partial charge in [0.2, 0.25) is 5.13 Å². The van der Waals surface area contributed by atoms with E-state index in [1.807, 2.05) is 11.4 Å². The number of nitrogens with zero attached hydrogens (tertiary/aromatic N) is 2. The van der Waals surface area contributed by atoms with Crippen molar-refractivity contribution in [3.8, 4) is 11.4 Å². The summed E-state index contributed by atoms with van der Waals surface area (Å²) < 4.78 is 4.32. The molecule has 0 aromatic carbocycles. The highest BCUT2D eigenvalue weighted by atomic mass is 32.1. The predicted octanol–water partition coefficient (Wildman–Crippen LogP) is 3.48. The molecule has 0 saturated heterocycles. The highest BCUT2D eigenvalue weighted by Gasteiger charge is 2.13. The molecule has 2 aromatic rings. The minimum absolute atomic E-state index is 0.0332. The van der Waals surface area contributed by atoms with Gasteiger partial charge in [-0.3, -0.25) is 0 Å². The van der Waals surface area contributed by atoms with Crippen LogP contribution in [0.25, 0.3) is 11.4 Å². The van der Waals surface area contributed by atoms with Crippen LogP contribution in [-0.2, 0) is 0 Å². The minimum atomic E-state index is 0.0332. The Morgan fingerprint density at radius 2 is 2.13 bits per heavy atom. The summed E-state index contributed by atoms with van der Waals surface area (Å²) in [6.07, 6.45) is 0. The summed E-state index contributed by atoms with van der Waals surface area (Å²) >= 11 is 3.07. The Bertz CT molecular complexity index is 426. The van der Waals surface area contributed by atoms with Gasteiger partial charge in [-0.15, -0.1) is 0 Å². The second-order valence-corrected chi connectivity index (χ2v) is 5.84. The van der Waals surface area contributed by atoms with E-state index >= 15 is 0 Å². The molecule has 0 aliphatic carbocycles. The maximum Gasteiger partial charge on any atom is 0.203 e. The van der Waals surface area contributed by atoms with Crippen LogP contribution in [0.3, 0.4) is 0 Å². The summed E-state index contributed by atoms with van der Waals surface area (Å²) in [5, 5.41) is 8.28. The fourth-order valence-electron chi connectivity index (χ4n) is 1.10. The standard InChI is InChI=1S/C10H13N3S2/c1-10(2,3)12-9-11-8(13-15-9)7-4-5-14-6-7/h4-6H,1-3H3,(H,11,12,13). The lowest BCUT2D eigenvalue weighted by atomic mass is 10.1. The van der Waals surface area contributed by atoms with Crippen molar-refractivity contribution in [3.63, 3.8) is 0 Å². The third-order valence-corrected chi connectivity index (χ3v) is 3.00. The highest BCUT2D eigenvalue weighted by Crippen LogP contribution is 2.24. The quantitative estimate of drug-likeness (QED) is 0.872. The van der Waals surface area contributed by atoms with Crippen molar-refractivity contribution >= 4 is 28.0 Å². The number of nitrogens with one attached hydrogen (secondary N) is 1. The van der Waals surface area contributed by atoms with Crippen molar-refractivity contribution in [1.29, 1.82) is 0 Å². The van der Waals surface area contributed by atoms with Gasteiger partial charge >= 0.3 is 0 Å². The molecule has 0 unspecified atom stereocenters. The monoisotopic (exact) mass is 239 g/mol. The lowest BCUT2D eigenvalue weighted by Crippen LogP contribution is -2.25. The van der Waals surface area contributed by atoms with Gasteiger partial charge in [-0.1, -0.05) is 0 Å². The van der Waals surface area contributed by atoms with Crippen molar-refractivity contribution in [2.45, 2.75) is 26.3 Å².